The van der Waals surface area contributed by atoms with Crippen LogP contribution in [-0.2, 0) is 15.8 Å². The van der Waals surface area contributed by atoms with Crippen molar-refractivity contribution < 1.29 is 18.0 Å². The summed E-state index contributed by atoms with van der Waals surface area (Å²) in [6.45, 7) is 0. The van der Waals surface area contributed by atoms with Crippen molar-refractivity contribution in [2.24, 2.45) is 5.16 Å². The number of hydrogen-bond donors (Lipinski definition) is 0. The van der Waals surface area contributed by atoms with Crippen LogP contribution >= 0.6 is 55.1 Å². The lowest BCUT2D eigenvalue weighted by Crippen LogP contribution is -2.42. The lowest BCUT2D eigenvalue weighted by molar-refractivity contribution is -0.275. The van der Waals surface area contributed by atoms with E-state index in [9.17, 15) is 13.2 Å². The summed E-state index contributed by atoms with van der Waals surface area (Å²) < 4.78 is 42.6. The Bertz CT molecular complexity index is 869. The van der Waals surface area contributed by atoms with Gasteiger partial charge in [-0.2, -0.15) is 13.2 Å². The maximum Gasteiger partial charge on any atom is 0.435 e. The minimum absolute atomic E-state index is 0.0950. The zero-order chi connectivity index (χ0) is 19.1. The fraction of sp³-hybridized carbons (Fsp3) is 0.235. The van der Waals surface area contributed by atoms with Crippen LogP contribution in [0.4, 0.5) is 13.2 Å². The van der Waals surface area contributed by atoms with E-state index in [0.717, 1.165) is 10.0 Å². The summed E-state index contributed by atoms with van der Waals surface area (Å²) in [5.41, 5.74) is -1.10. The van der Waals surface area contributed by atoms with Crippen molar-refractivity contribution in [1.82, 2.24) is 0 Å². The van der Waals surface area contributed by atoms with Crippen molar-refractivity contribution >= 4 is 60.8 Å². The third-order valence-electron chi connectivity index (χ3n) is 4.05. The first-order chi connectivity index (χ1) is 12.2. The third kappa shape index (κ3) is 3.63. The Kier molecular flexibility index (Phi) is 5.64. The molecule has 0 N–H and O–H groups in total. The highest BCUT2D eigenvalue weighted by Gasteiger charge is 2.62. The molecule has 0 spiro atoms. The molecule has 1 heterocycles. The molecule has 0 bridgehead atoms. The first-order valence-corrected chi connectivity index (χ1v) is 9.96. The Morgan fingerprint density at radius 1 is 1.12 bits per heavy atom. The standard InChI is InChI=1S/C17H10Br2Cl2F3NO/c18-8-10-2-1-9(3-14(10)19)15-7-16(26-25-15,17(22,23)24)11-4-12(20)6-13(21)5-11/h1-6H,7-8H2. The fourth-order valence-electron chi connectivity index (χ4n) is 2.68. The molecule has 1 aliphatic rings. The summed E-state index contributed by atoms with van der Waals surface area (Å²) in [5, 5.41) is 4.54. The van der Waals surface area contributed by atoms with Crippen LogP contribution in [0.3, 0.4) is 0 Å². The summed E-state index contributed by atoms with van der Waals surface area (Å²) in [6.07, 6.45) is -5.19. The summed E-state index contributed by atoms with van der Waals surface area (Å²) in [5.74, 6) is 0. The molecule has 0 saturated carbocycles. The predicted octanol–water partition coefficient (Wildman–Crippen LogP) is 7.23. The molecule has 0 amide bonds. The maximum absolute atomic E-state index is 14.0. The molecule has 1 unspecified atom stereocenters. The van der Waals surface area contributed by atoms with E-state index in [0.29, 0.717) is 10.9 Å². The van der Waals surface area contributed by atoms with Gasteiger partial charge in [0.1, 0.15) is 0 Å². The molecule has 9 heteroatoms. The maximum atomic E-state index is 14.0. The fourth-order valence-corrected chi connectivity index (χ4v) is 4.59. The van der Waals surface area contributed by atoms with Gasteiger partial charge in [-0.3, -0.25) is 0 Å². The second-order valence-corrected chi connectivity index (χ2v) is 8.02. The quantitative estimate of drug-likeness (QED) is 0.383. The van der Waals surface area contributed by atoms with E-state index in [4.69, 9.17) is 28.0 Å². The molecule has 0 radical (unpaired) electrons. The van der Waals surface area contributed by atoms with Gasteiger partial charge in [0.25, 0.3) is 5.60 Å². The lowest BCUT2D eigenvalue weighted by atomic mass is 9.86. The minimum Gasteiger partial charge on any atom is -0.374 e. The van der Waals surface area contributed by atoms with Crippen molar-refractivity contribution in [2.45, 2.75) is 23.5 Å². The van der Waals surface area contributed by atoms with Gasteiger partial charge >= 0.3 is 6.18 Å². The molecule has 1 aliphatic heterocycles. The Morgan fingerprint density at radius 2 is 1.77 bits per heavy atom. The van der Waals surface area contributed by atoms with Crippen molar-refractivity contribution in [1.29, 1.82) is 0 Å². The second kappa shape index (κ2) is 7.34. The molecule has 0 fully saturated rings. The van der Waals surface area contributed by atoms with Gasteiger partial charge in [-0.25, -0.2) is 0 Å². The Hall–Kier alpha value is -0.760. The average Bonchev–Trinajstić information content (AvgIpc) is 3.00. The highest BCUT2D eigenvalue weighted by Crippen LogP contribution is 2.49. The molecule has 0 aromatic heterocycles. The number of benzene rings is 2. The number of oxime groups is 1. The molecular weight excluding hydrogens is 522 g/mol. The van der Waals surface area contributed by atoms with Crippen LogP contribution in [0.25, 0.3) is 0 Å². The molecule has 1 atom stereocenters. The third-order valence-corrected chi connectivity index (χ3v) is 5.82. The zero-order valence-corrected chi connectivity index (χ0v) is 17.6. The van der Waals surface area contributed by atoms with Crippen LogP contribution in [-0.4, -0.2) is 11.9 Å². The van der Waals surface area contributed by atoms with Gasteiger partial charge in [-0.15, -0.1) is 0 Å². The summed E-state index contributed by atoms with van der Waals surface area (Å²) in [7, 11) is 0. The topological polar surface area (TPSA) is 21.6 Å². The van der Waals surface area contributed by atoms with E-state index < -0.39 is 18.2 Å². The number of halogens is 7. The van der Waals surface area contributed by atoms with Crippen LogP contribution in [0.2, 0.25) is 10.0 Å². The van der Waals surface area contributed by atoms with Gasteiger partial charge < -0.3 is 4.84 Å². The van der Waals surface area contributed by atoms with Gasteiger partial charge in [-0.1, -0.05) is 72.4 Å². The largest absolute Gasteiger partial charge is 0.435 e. The van der Waals surface area contributed by atoms with Crippen molar-refractivity contribution in [3.63, 3.8) is 0 Å². The van der Waals surface area contributed by atoms with E-state index in [1.807, 2.05) is 0 Å². The van der Waals surface area contributed by atoms with Gasteiger partial charge in [0.05, 0.1) is 5.71 Å². The highest BCUT2D eigenvalue weighted by molar-refractivity contribution is 9.10. The van der Waals surface area contributed by atoms with Gasteiger partial charge in [0, 0.05) is 37.4 Å². The van der Waals surface area contributed by atoms with Crippen LogP contribution in [0.15, 0.2) is 46.0 Å². The van der Waals surface area contributed by atoms with E-state index in [1.165, 1.54) is 18.2 Å². The normalized spacial score (nSPS) is 20.0. The van der Waals surface area contributed by atoms with Crippen molar-refractivity contribution in [2.75, 3.05) is 0 Å². The average molecular weight is 532 g/mol. The molecule has 0 saturated heterocycles. The first kappa shape index (κ1) is 20.0. The van der Waals surface area contributed by atoms with E-state index in [-0.39, 0.29) is 21.3 Å². The van der Waals surface area contributed by atoms with E-state index in [2.05, 4.69) is 37.0 Å². The SMILES string of the molecule is FC(F)(F)C1(c2cc(Cl)cc(Cl)c2)CC(c2ccc(CBr)c(Br)c2)=NO1. The van der Waals surface area contributed by atoms with Crippen molar-refractivity contribution in [3.05, 3.63) is 67.6 Å². The smallest absolute Gasteiger partial charge is 0.374 e. The molecular formula is C17H10Br2Cl2F3NO. The second-order valence-electron chi connectivity index (χ2n) is 5.73. The molecule has 2 aromatic carbocycles. The number of rotatable bonds is 3. The monoisotopic (exact) mass is 529 g/mol. The molecule has 0 aliphatic carbocycles. The van der Waals surface area contributed by atoms with Gasteiger partial charge in [-0.05, 0) is 29.8 Å². The van der Waals surface area contributed by atoms with E-state index in [1.54, 1.807) is 18.2 Å². The van der Waals surface area contributed by atoms with Crippen LogP contribution in [0.5, 0.6) is 0 Å². The molecule has 138 valence electrons. The first-order valence-electron chi connectivity index (χ1n) is 7.29. The van der Waals surface area contributed by atoms with E-state index >= 15 is 0 Å². The van der Waals surface area contributed by atoms with Crippen LogP contribution in [0.1, 0.15) is 23.1 Å². The highest BCUT2D eigenvalue weighted by atomic mass is 79.9. The summed E-state index contributed by atoms with van der Waals surface area (Å²) >= 11 is 18.5. The molecule has 26 heavy (non-hydrogen) atoms. The van der Waals surface area contributed by atoms with Crippen molar-refractivity contribution in [3.8, 4) is 0 Å². The Balaban J connectivity index is 2.02. The van der Waals surface area contributed by atoms with Gasteiger partial charge in [0.15, 0.2) is 0 Å². The molecule has 3 rings (SSSR count). The van der Waals surface area contributed by atoms with Crippen LogP contribution < -0.4 is 0 Å². The Morgan fingerprint density at radius 3 is 2.31 bits per heavy atom. The number of hydrogen-bond acceptors (Lipinski definition) is 2. The summed E-state index contributed by atoms with van der Waals surface area (Å²) in [4.78, 5) is 4.99. The Labute approximate surface area is 174 Å². The zero-order valence-electron chi connectivity index (χ0n) is 12.9. The van der Waals surface area contributed by atoms with Crippen LogP contribution in [0, 0.1) is 0 Å². The minimum atomic E-state index is -4.71. The number of alkyl halides is 4. The predicted molar refractivity (Wildman–Crippen MR) is 103 cm³/mol. The number of nitrogens with zero attached hydrogens (tertiary/aromatic N) is 1. The molecule has 2 nitrogen and oxygen atoms in total. The van der Waals surface area contributed by atoms with Gasteiger partial charge in [0.2, 0.25) is 0 Å². The lowest BCUT2D eigenvalue weighted by Gasteiger charge is -2.29. The summed E-state index contributed by atoms with van der Waals surface area (Å²) in [6, 6.07) is 8.99. The molecule has 2 aromatic rings.